The fraction of sp³-hybridized carbons (Fsp3) is 0.444. The van der Waals surface area contributed by atoms with E-state index in [2.05, 4.69) is 15.3 Å². The molecule has 1 heterocycles. The van der Waals surface area contributed by atoms with Crippen LogP contribution in [0.25, 0.3) is 0 Å². The lowest BCUT2D eigenvalue weighted by Gasteiger charge is -2.11. The van der Waals surface area contributed by atoms with Gasteiger partial charge in [0.1, 0.15) is 5.82 Å². The lowest BCUT2D eigenvalue weighted by atomic mass is 10.2. The van der Waals surface area contributed by atoms with Gasteiger partial charge in [0.05, 0.1) is 12.4 Å². The van der Waals surface area contributed by atoms with Crippen molar-refractivity contribution < 1.29 is 18.7 Å². The second kappa shape index (κ2) is 5.34. The molecule has 0 radical (unpaired) electrons. The predicted molar refractivity (Wildman–Crippen MR) is 52.6 cm³/mol. The number of rotatable bonds is 5. The Morgan fingerprint density at radius 3 is 2.62 bits per heavy atom. The van der Waals surface area contributed by atoms with Crippen molar-refractivity contribution in [1.29, 1.82) is 0 Å². The van der Waals surface area contributed by atoms with Crippen LogP contribution < -0.4 is 5.32 Å². The topological polar surface area (TPSA) is 75.1 Å². The van der Waals surface area contributed by atoms with E-state index in [0.717, 1.165) is 6.20 Å². The summed E-state index contributed by atoms with van der Waals surface area (Å²) in [7, 11) is 0. The van der Waals surface area contributed by atoms with Crippen molar-refractivity contribution in [2.45, 2.75) is 13.3 Å². The Kier molecular flexibility index (Phi) is 4.10. The Morgan fingerprint density at radius 1 is 1.50 bits per heavy atom. The molecule has 0 aromatic carbocycles. The largest absolute Gasteiger partial charge is 0.476 e. The molecule has 16 heavy (non-hydrogen) atoms. The highest BCUT2D eigenvalue weighted by Gasteiger charge is 2.14. The van der Waals surface area contributed by atoms with Gasteiger partial charge in [0.25, 0.3) is 0 Å². The second-order valence-electron chi connectivity index (χ2n) is 3.28. The number of nitrogens with zero attached hydrogens (tertiary/aromatic N) is 2. The molecule has 0 spiro atoms. The Balaban J connectivity index is 2.53. The molecular weight excluding hydrogens is 220 g/mol. The van der Waals surface area contributed by atoms with E-state index in [1.165, 1.54) is 13.1 Å². The quantitative estimate of drug-likeness (QED) is 0.802. The van der Waals surface area contributed by atoms with Crippen LogP contribution in [0.1, 0.15) is 17.4 Å². The van der Waals surface area contributed by atoms with Gasteiger partial charge in [0.15, 0.2) is 5.69 Å². The van der Waals surface area contributed by atoms with Crippen LogP contribution in [-0.4, -0.2) is 34.0 Å². The number of hydrogen-bond acceptors (Lipinski definition) is 4. The zero-order valence-corrected chi connectivity index (χ0v) is 8.52. The Bertz CT molecular complexity index is 356. The van der Waals surface area contributed by atoms with E-state index in [-0.39, 0.29) is 18.1 Å². The summed E-state index contributed by atoms with van der Waals surface area (Å²) >= 11 is 0. The van der Waals surface area contributed by atoms with Gasteiger partial charge in [-0.1, -0.05) is 6.92 Å². The van der Waals surface area contributed by atoms with Crippen molar-refractivity contribution in [3.63, 3.8) is 0 Å². The zero-order valence-electron chi connectivity index (χ0n) is 8.52. The number of hydrogen-bond donors (Lipinski definition) is 2. The molecule has 0 aliphatic heterocycles. The van der Waals surface area contributed by atoms with Crippen LogP contribution in [0.2, 0.25) is 0 Å². The molecule has 1 rings (SSSR count). The molecule has 0 bridgehead atoms. The molecule has 1 aromatic rings. The molecule has 1 aromatic heterocycles. The van der Waals surface area contributed by atoms with E-state index in [4.69, 9.17) is 5.11 Å². The summed E-state index contributed by atoms with van der Waals surface area (Å²) in [4.78, 5) is 17.8. The molecule has 88 valence electrons. The number of halogens is 2. The van der Waals surface area contributed by atoms with Crippen molar-refractivity contribution in [3.05, 3.63) is 18.1 Å². The van der Waals surface area contributed by atoms with E-state index >= 15 is 0 Å². The van der Waals surface area contributed by atoms with Crippen molar-refractivity contribution in [3.8, 4) is 0 Å². The number of carboxylic acids is 1. The van der Waals surface area contributed by atoms with Gasteiger partial charge >= 0.3 is 5.97 Å². The van der Waals surface area contributed by atoms with Crippen LogP contribution in [0, 0.1) is 5.92 Å². The van der Waals surface area contributed by atoms with Crippen LogP contribution >= 0.6 is 0 Å². The summed E-state index contributed by atoms with van der Waals surface area (Å²) < 4.78 is 24.3. The van der Waals surface area contributed by atoms with Gasteiger partial charge < -0.3 is 10.4 Å². The van der Waals surface area contributed by atoms with Gasteiger partial charge in [-0.2, -0.15) is 0 Å². The van der Waals surface area contributed by atoms with Gasteiger partial charge in [-0.25, -0.2) is 23.5 Å². The maximum absolute atomic E-state index is 12.1. The number of aromatic nitrogens is 2. The Morgan fingerprint density at radius 2 is 2.19 bits per heavy atom. The molecule has 0 aliphatic rings. The number of alkyl halides is 2. The minimum Gasteiger partial charge on any atom is -0.476 e. The third-order valence-corrected chi connectivity index (χ3v) is 1.91. The van der Waals surface area contributed by atoms with Crippen molar-refractivity contribution >= 4 is 11.8 Å². The summed E-state index contributed by atoms with van der Waals surface area (Å²) in [5.41, 5.74) is -0.188. The monoisotopic (exact) mass is 231 g/mol. The number of aromatic carboxylic acids is 1. The van der Waals surface area contributed by atoms with E-state index in [1.54, 1.807) is 0 Å². The standard InChI is InChI=1S/C9H11F2N3O2/c1-5(8(10)11)2-13-7-4-12-6(3-14-7)9(15)16/h3-5,8H,2H2,1H3,(H,13,14)(H,15,16). The van der Waals surface area contributed by atoms with E-state index in [9.17, 15) is 13.6 Å². The first-order chi connectivity index (χ1) is 7.50. The first-order valence-corrected chi connectivity index (χ1v) is 4.58. The normalized spacial score (nSPS) is 12.5. The molecule has 0 aliphatic carbocycles. The number of anilines is 1. The van der Waals surface area contributed by atoms with Crippen LogP contribution in [0.3, 0.4) is 0 Å². The summed E-state index contributed by atoms with van der Waals surface area (Å²) in [6.45, 7) is 1.45. The first-order valence-electron chi connectivity index (χ1n) is 4.58. The van der Waals surface area contributed by atoms with E-state index < -0.39 is 18.3 Å². The zero-order chi connectivity index (χ0) is 12.1. The van der Waals surface area contributed by atoms with E-state index in [0.29, 0.717) is 0 Å². The van der Waals surface area contributed by atoms with Gasteiger partial charge in [0, 0.05) is 12.5 Å². The molecule has 7 heteroatoms. The number of carbonyl (C=O) groups is 1. The van der Waals surface area contributed by atoms with Gasteiger partial charge in [-0.3, -0.25) is 0 Å². The minimum atomic E-state index is -2.40. The fourth-order valence-electron chi connectivity index (χ4n) is 0.884. The maximum atomic E-state index is 12.1. The van der Waals surface area contributed by atoms with Crippen LogP contribution in [0.4, 0.5) is 14.6 Å². The van der Waals surface area contributed by atoms with Crippen LogP contribution in [0.15, 0.2) is 12.4 Å². The van der Waals surface area contributed by atoms with E-state index in [1.807, 2.05) is 0 Å². The molecule has 0 saturated carbocycles. The Labute approximate surface area is 90.5 Å². The Hall–Kier alpha value is -1.79. The van der Waals surface area contributed by atoms with Crippen LogP contribution in [0.5, 0.6) is 0 Å². The van der Waals surface area contributed by atoms with Gasteiger partial charge in [0.2, 0.25) is 6.43 Å². The van der Waals surface area contributed by atoms with Crippen molar-refractivity contribution in [1.82, 2.24) is 9.97 Å². The lowest BCUT2D eigenvalue weighted by Crippen LogP contribution is -2.18. The smallest absolute Gasteiger partial charge is 0.356 e. The molecule has 1 unspecified atom stereocenters. The minimum absolute atomic E-state index is 0.0543. The summed E-state index contributed by atoms with van der Waals surface area (Å²) in [6, 6.07) is 0. The average molecular weight is 231 g/mol. The molecule has 1 atom stereocenters. The highest BCUT2D eigenvalue weighted by Crippen LogP contribution is 2.09. The number of nitrogens with one attached hydrogen (secondary N) is 1. The second-order valence-corrected chi connectivity index (χ2v) is 3.28. The third-order valence-electron chi connectivity index (χ3n) is 1.91. The molecule has 0 amide bonds. The van der Waals surface area contributed by atoms with Crippen molar-refractivity contribution in [2.75, 3.05) is 11.9 Å². The average Bonchev–Trinajstić information content (AvgIpc) is 2.26. The molecule has 5 nitrogen and oxygen atoms in total. The molecule has 0 fully saturated rings. The van der Waals surface area contributed by atoms with Crippen LogP contribution in [-0.2, 0) is 0 Å². The number of carboxylic acid groups (broad SMARTS) is 1. The summed E-state index contributed by atoms with van der Waals surface area (Å²) in [5.74, 6) is -1.71. The first kappa shape index (κ1) is 12.3. The maximum Gasteiger partial charge on any atom is 0.356 e. The summed E-state index contributed by atoms with van der Waals surface area (Å²) in [5, 5.41) is 11.2. The van der Waals surface area contributed by atoms with Gasteiger partial charge in [-0.15, -0.1) is 0 Å². The predicted octanol–water partition coefficient (Wildman–Crippen LogP) is 1.49. The fourth-order valence-corrected chi connectivity index (χ4v) is 0.884. The van der Waals surface area contributed by atoms with Gasteiger partial charge in [-0.05, 0) is 0 Å². The highest BCUT2D eigenvalue weighted by molar-refractivity contribution is 5.84. The SMILES string of the molecule is CC(CNc1cnc(C(=O)O)cn1)C(F)F. The lowest BCUT2D eigenvalue weighted by molar-refractivity contribution is 0.0690. The summed E-state index contributed by atoms with van der Waals surface area (Å²) in [6.07, 6.45) is -0.141. The third kappa shape index (κ3) is 3.41. The molecule has 0 saturated heterocycles. The highest BCUT2D eigenvalue weighted by atomic mass is 19.3. The molecular formula is C9H11F2N3O2. The van der Waals surface area contributed by atoms with Crippen molar-refractivity contribution in [2.24, 2.45) is 5.92 Å². The molecule has 2 N–H and O–H groups in total.